The first-order valence-corrected chi connectivity index (χ1v) is 7.78. The molecule has 1 saturated carbocycles. The van der Waals surface area contributed by atoms with Gasteiger partial charge in [0.1, 0.15) is 0 Å². The Kier molecular flexibility index (Phi) is 4.84. The van der Waals surface area contributed by atoms with E-state index >= 15 is 0 Å². The van der Waals surface area contributed by atoms with E-state index in [1.807, 2.05) is 32.5 Å². The molecule has 0 bridgehead atoms. The van der Waals surface area contributed by atoms with Gasteiger partial charge in [-0.1, -0.05) is 25.7 Å². The maximum Gasteiger partial charge on any atom is 0.227 e. The molecule has 4 heteroatoms. The number of carbonyl (C=O) groups is 1. The summed E-state index contributed by atoms with van der Waals surface area (Å²) < 4.78 is 1.85. The minimum atomic E-state index is -0.118. The Morgan fingerprint density at radius 3 is 2.60 bits per heavy atom. The van der Waals surface area contributed by atoms with Gasteiger partial charge in [-0.3, -0.25) is 9.48 Å². The van der Waals surface area contributed by atoms with E-state index in [2.05, 4.69) is 10.4 Å². The highest BCUT2D eigenvalue weighted by atomic mass is 16.1. The van der Waals surface area contributed by atoms with E-state index in [-0.39, 0.29) is 11.8 Å². The van der Waals surface area contributed by atoms with E-state index in [4.69, 9.17) is 0 Å². The van der Waals surface area contributed by atoms with Crippen molar-refractivity contribution < 1.29 is 4.79 Å². The molecule has 0 radical (unpaired) electrons. The molecule has 0 saturated heterocycles. The molecule has 2 rings (SSSR count). The molecule has 1 heterocycles. The third-order valence-electron chi connectivity index (χ3n) is 4.72. The molecule has 1 fully saturated rings. The quantitative estimate of drug-likeness (QED) is 0.899. The van der Waals surface area contributed by atoms with E-state index in [1.165, 1.54) is 25.7 Å². The predicted molar refractivity (Wildman–Crippen MR) is 80.7 cm³/mol. The maximum atomic E-state index is 12.3. The van der Waals surface area contributed by atoms with Gasteiger partial charge in [-0.15, -0.1) is 0 Å². The molecular weight excluding hydrogens is 250 g/mol. The summed E-state index contributed by atoms with van der Waals surface area (Å²) in [5, 5.41) is 7.49. The number of hydrogen-bond acceptors (Lipinski definition) is 2. The molecule has 1 amide bonds. The Hall–Kier alpha value is -1.32. The summed E-state index contributed by atoms with van der Waals surface area (Å²) in [4.78, 5) is 12.3. The highest BCUT2D eigenvalue weighted by Gasteiger charge is 2.22. The summed E-state index contributed by atoms with van der Waals surface area (Å²) in [7, 11) is 1.93. The van der Waals surface area contributed by atoms with Crippen LogP contribution in [0.1, 0.15) is 61.9 Å². The van der Waals surface area contributed by atoms with Crippen LogP contribution in [0.25, 0.3) is 0 Å². The maximum absolute atomic E-state index is 12.3. The molecule has 4 nitrogen and oxygen atoms in total. The molecule has 1 aromatic rings. The second kappa shape index (κ2) is 6.42. The number of nitrogens with one attached hydrogen (secondary N) is 1. The molecule has 0 aliphatic heterocycles. The Morgan fingerprint density at radius 1 is 1.40 bits per heavy atom. The highest BCUT2D eigenvalue weighted by Crippen LogP contribution is 2.27. The molecule has 0 spiro atoms. The minimum Gasteiger partial charge on any atom is -0.356 e. The lowest BCUT2D eigenvalue weighted by Crippen LogP contribution is -2.30. The Bertz CT molecular complexity index is 472. The predicted octanol–water partition coefficient (Wildman–Crippen LogP) is 2.84. The molecular formula is C16H27N3O. The molecule has 1 aliphatic carbocycles. The second-order valence-corrected chi connectivity index (χ2v) is 6.16. The molecule has 1 atom stereocenters. The average molecular weight is 277 g/mol. The van der Waals surface area contributed by atoms with Gasteiger partial charge in [0.15, 0.2) is 0 Å². The van der Waals surface area contributed by atoms with Crippen molar-refractivity contribution in [3.63, 3.8) is 0 Å². The molecule has 0 aromatic carbocycles. The van der Waals surface area contributed by atoms with Gasteiger partial charge in [-0.05, 0) is 33.1 Å². The van der Waals surface area contributed by atoms with Crippen LogP contribution in [-0.2, 0) is 11.8 Å². The van der Waals surface area contributed by atoms with Gasteiger partial charge in [0.2, 0.25) is 5.91 Å². The van der Waals surface area contributed by atoms with E-state index in [0.29, 0.717) is 0 Å². The lowest BCUT2D eigenvalue weighted by molar-refractivity contribution is -0.122. The lowest BCUT2D eigenvalue weighted by atomic mass is 9.98. The summed E-state index contributed by atoms with van der Waals surface area (Å²) >= 11 is 0. The van der Waals surface area contributed by atoms with Crippen LogP contribution in [0.3, 0.4) is 0 Å². The summed E-state index contributed by atoms with van der Waals surface area (Å²) in [5.41, 5.74) is 3.12. The monoisotopic (exact) mass is 277 g/mol. The Labute approximate surface area is 121 Å². The fourth-order valence-electron chi connectivity index (χ4n) is 3.40. The van der Waals surface area contributed by atoms with Crippen LogP contribution in [0.15, 0.2) is 0 Å². The van der Waals surface area contributed by atoms with Gasteiger partial charge in [0, 0.05) is 24.8 Å². The van der Waals surface area contributed by atoms with Gasteiger partial charge < -0.3 is 5.32 Å². The number of carbonyl (C=O) groups excluding carboxylic acids is 1. The fraction of sp³-hybridized carbons (Fsp3) is 0.750. The van der Waals surface area contributed by atoms with Crippen molar-refractivity contribution in [3.05, 3.63) is 17.0 Å². The van der Waals surface area contributed by atoms with Crippen LogP contribution in [0, 0.1) is 19.8 Å². The highest BCUT2D eigenvalue weighted by molar-refractivity contribution is 5.83. The van der Waals surface area contributed by atoms with Crippen molar-refractivity contribution in [1.82, 2.24) is 15.1 Å². The van der Waals surface area contributed by atoms with Crippen molar-refractivity contribution in [3.8, 4) is 0 Å². The average Bonchev–Trinajstić information content (AvgIpc) is 2.99. The van der Waals surface area contributed by atoms with Crippen molar-refractivity contribution in [2.75, 3.05) is 6.54 Å². The Balaban J connectivity index is 1.88. The van der Waals surface area contributed by atoms with E-state index in [0.717, 1.165) is 35.8 Å². The van der Waals surface area contributed by atoms with Crippen molar-refractivity contribution in [2.24, 2.45) is 13.0 Å². The SMILES string of the molecule is Cc1nn(C)c(C)c1C(C)C(=O)NCCC1CCCC1. The van der Waals surface area contributed by atoms with Gasteiger partial charge in [0.05, 0.1) is 11.6 Å². The standard InChI is InChI=1S/C16H27N3O/c1-11(15-12(2)18-19(4)13(15)3)16(20)17-10-9-14-7-5-6-8-14/h11,14H,5-10H2,1-4H3,(H,17,20). The topological polar surface area (TPSA) is 46.9 Å². The second-order valence-electron chi connectivity index (χ2n) is 6.16. The zero-order valence-corrected chi connectivity index (χ0v) is 13.2. The third kappa shape index (κ3) is 3.22. The normalized spacial score (nSPS) is 17.4. The summed E-state index contributed by atoms with van der Waals surface area (Å²) in [6.45, 7) is 6.79. The van der Waals surface area contributed by atoms with Crippen LogP contribution < -0.4 is 5.32 Å². The first-order valence-electron chi connectivity index (χ1n) is 7.78. The minimum absolute atomic E-state index is 0.118. The van der Waals surface area contributed by atoms with Crippen LogP contribution >= 0.6 is 0 Å². The Morgan fingerprint density at radius 2 is 2.05 bits per heavy atom. The number of aromatic nitrogens is 2. The fourth-order valence-corrected chi connectivity index (χ4v) is 3.40. The van der Waals surface area contributed by atoms with Gasteiger partial charge >= 0.3 is 0 Å². The summed E-state index contributed by atoms with van der Waals surface area (Å²) in [6, 6.07) is 0. The van der Waals surface area contributed by atoms with Crippen LogP contribution in [0.4, 0.5) is 0 Å². The van der Waals surface area contributed by atoms with Crippen molar-refractivity contribution >= 4 is 5.91 Å². The smallest absolute Gasteiger partial charge is 0.227 e. The molecule has 20 heavy (non-hydrogen) atoms. The number of aryl methyl sites for hydroxylation is 2. The number of nitrogens with zero attached hydrogens (tertiary/aromatic N) is 2. The molecule has 1 unspecified atom stereocenters. The number of rotatable bonds is 5. The van der Waals surface area contributed by atoms with Crippen molar-refractivity contribution in [1.29, 1.82) is 0 Å². The van der Waals surface area contributed by atoms with Gasteiger partial charge in [-0.25, -0.2) is 0 Å². The zero-order valence-electron chi connectivity index (χ0n) is 13.2. The van der Waals surface area contributed by atoms with Crippen LogP contribution in [0.5, 0.6) is 0 Å². The summed E-state index contributed by atoms with van der Waals surface area (Å²) in [5.74, 6) is 0.835. The van der Waals surface area contributed by atoms with Gasteiger partial charge in [-0.2, -0.15) is 5.10 Å². The molecule has 1 N–H and O–H groups in total. The van der Waals surface area contributed by atoms with Crippen molar-refractivity contribution in [2.45, 2.75) is 58.8 Å². The lowest BCUT2D eigenvalue weighted by Gasteiger charge is -2.14. The van der Waals surface area contributed by atoms with E-state index < -0.39 is 0 Å². The molecule has 112 valence electrons. The number of hydrogen-bond donors (Lipinski definition) is 1. The first-order chi connectivity index (χ1) is 9.50. The van der Waals surface area contributed by atoms with E-state index in [9.17, 15) is 4.79 Å². The third-order valence-corrected chi connectivity index (χ3v) is 4.72. The molecule has 1 aliphatic rings. The first kappa shape index (κ1) is 15.1. The van der Waals surface area contributed by atoms with Crippen LogP contribution in [0.2, 0.25) is 0 Å². The molecule has 1 aromatic heterocycles. The van der Waals surface area contributed by atoms with Gasteiger partial charge in [0.25, 0.3) is 0 Å². The largest absolute Gasteiger partial charge is 0.356 e. The summed E-state index contributed by atoms with van der Waals surface area (Å²) in [6.07, 6.45) is 6.54. The van der Waals surface area contributed by atoms with Crippen LogP contribution in [-0.4, -0.2) is 22.2 Å². The van der Waals surface area contributed by atoms with E-state index in [1.54, 1.807) is 0 Å². The number of amides is 1. The zero-order chi connectivity index (χ0) is 14.7.